The quantitative estimate of drug-likeness (QED) is 0.757. The number of aromatic nitrogens is 3. The maximum absolute atomic E-state index is 13.1. The number of amides is 1. The zero-order valence-electron chi connectivity index (χ0n) is 15.6. The molecule has 0 saturated heterocycles. The number of nitrogens with zero attached hydrogens (tertiary/aromatic N) is 4. The summed E-state index contributed by atoms with van der Waals surface area (Å²) in [6, 6.07) is 9.47. The van der Waals surface area contributed by atoms with Gasteiger partial charge < -0.3 is 10.1 Å². The van der Waals surface area contributed by atoms with Gasteiger partial charge in [0.1, 0.15) is 17.8 Å². The molecular formula is C21H21N5O2. The zero-order valence-corrected chi connectivity index (χ0v) is 15.6. The smallest absolute Gasteiger partial charge is 0.270 e. The maximum atomic E-state index is 13.1. The van der Waals surface area contributed by atoms with E-state index in [1.54, 1.807) is 42.5 Å². The molecule has 4 rings (SSSR count). The Kier molecular flexibility index (Phi) is 5.04. The Bertz CT molecular complexity index is 1030. The third-order valence-electron chi connectivity index (χ3n) is 5.31. The minimum atomic E-state index is -0.220. The summed E-state index contributed by atoms with van der Waals surface area (Å²) in [7, 11) is 1.73. The first-order chi connectivity index (χ1) is 13.7. The predicted molar refractivity (Wildman–Crippen MR) is 104 cm³/mol. The molecule has 1 aliphatic rings. The number of ether oxygens (including phenoxy) is 1. The summed E-state index contributed by atoms with van der Waals surface area (Å²) >= 11 is 0. The van der Waals surface area contributed by atoms with Crippen LogP contribution in [0.15, 0.2) is 43.0 Å². The number of pyridine rings is 1. The van der Waals surface area contributed by atoms with E-state index in [9.17, 15) is 10.1 Å². The molecule has 0 aliphatic heterocycles. The van der Waals surface area contributed by atoms with E-state index < -0.39 is 0 Å². The van der Waals surface area contributed by atoms with Crippen molar-refractivity contribution in [3.8, 4) is 11.9 Å². The number of imidazole rings is 1. The third-order valence-corrected chi connectivity index (χ3v) is 5.31. The van der Waals surface area contributed by atoms with Crippen molar-refractivity contribution in [2.75, 3.05) is 7.11 Å². The second kappa shape index (κ2) is 7.79. The molecule has 7 heteroatoms. The molecule has 0 atom stereocenters. The molecule has 1 aromatic carbocycles. The first-order valence-corrected chi connectivity index (χ1v) is 9.35. The first kappa shape index (κ1) is 18.1. The average Bonchev–Trinajstić information content (AvgIpc) is 3.28. The largest absolute Gasteiger partial charge is 0.381 e. The van der Waals surface area contributed by atoms with Crippen LogP contribution in [-0.4, -0.2) is 39.7 Å². The van der Waals surface area contributed by atoms with Gasteiger partial charge in [-0.15, -0.1) is 0 Å². The Morgan fingerprint density at radius 2 is 2.11 bits per heavy atom. The minimum Gasteiger partial charge on any atom is -0.381 e. The lowest BCUT2D eigenvalue weighted by molar-refractivity contribution is 0.0598. The molecule has 142 valence electrons. The van der Waals surface area contributed by atoms with Crippen LogP contribution < -0.4 is 5.32 Å². The molecule has 28 heavy (non-hydrogen) atoms. The van der Waals surface area contributed by atoms with Gasteiger partial charge in [-0.3, -0.25) is 9.36 Å². The lowest BCUT2D eigenvalue weighted by atomic mass is 9.92. The molecule has 2 heterocycles. The molecule has 1 saturated carbocycles. The SMILES string of the molecule is CO[C@H]1CC[C@H](NC(=O)c2nc(-n3ccnc3)cc3c(C#N)cccc23)CC1. The summed E-state index contributed by atoms with van der Waals surface area (Å²) in [5.41, 5.74) is 0.836. The van der Waals surface area contributed by atoms with Crippen LogP contribution in [0.2, 0.25) is 0 Å². The van der Waals surface area contributed by atoms with Crippen molar-refractivity contribution in [3.63, 3.8) is 0 Å². The standard InChI is InChI=1S/C21H21N5O2/c1-28-16-7-5-15(6-8-16)24-21(27)20-17-4-2-3-14(12-22)18(17)11-19(25-20)26-10-9-23-13-26/h2-4,9-11,13,15-16H,5-8H2,1H3,(H,24,27)/t15-,16-. The number of hydrogen-bond acceptors (Lipinski definition) is 5. The Hall–Kier alpha value is -3.24. The molecule has 0 bridgehead atoms. The molecule has 0 radical (unpaired) electrons. The van der Waals surface area contributed by atoms with Crippen molar-refractivity contribution < 1.29 is 9.53 Å². The van der Waals surface area contributed by atoms with Crippen molar-refractivity contribution in [3.05, 3.63) is 54.2 Å². The molecule has 3 aromatic rings. The van der Waals surface area contributed by atoms with E-state index in [4.69, 9.17) is 4.74 Å². The van der Waals surface area contributed by atoms with Crippen LogP contribution in [0.3, 0.4) is 0 Å². The summed E-state index contributed by atoms with van der Waals surface area (Å²) in [4.78, 5) is 21.7. The van der Waals surface area contributed by atoms with Gasteiger partial charge in [0.25, 0.3) is 5.91 Å². The van der Waals surface area contributed by atoms with E-state index >= 15 is 0 Å². The van der Waals surface area contributed by atoms with Crippen LogP contribution in [0, 0.1) is 11.3 Å². The zero-order chi connectivity index (χ0) is 19.5. The van der Waals surface area contributed by atoms with E-state index in [-0.39, 0.29) is 18.1 Å². The van der Waals surface area contributed by atoms with E-state index in [0.29, 0.717) is 27.8 Å². The third kappa shape index (κ3) is 3.47. The number of methoxy groups -OCH3 is 1. The highest BCUT2D eigenvalue weighted by Crippen LogP contribution is 2.25. The highest BCUT2D eigenvalue weighted by Gasteiger charge is 2.24. The van der Waals surface area contributed by atoms with Gasteiger partial charge >= 0.3 is 0 Å². The molecule has 0 unspecified atom stereocenters. The molecule has 1 amide bonds. The van der Waals surface area contributed by atoms with Gasteiger partial charge in [0.15, 0.2) is 0 Å². The molecule has 1 aliphatic carbocycles. The molecule has 2 aromatic heterocycles. The van der Waals surface area contributed by atoms with E-state index in [2.05, 4.69) is 21.4 Å². The fourth-order valence-corrected chi connectivity index (χ4v) is 3.76. The van der Waals surface area contributed by atoms with Gasteiger partial charge in [0.05, 0.1) is 17.7 Å². The topological polar surface area (TPSA) is 92.8 Å². The molecule has 1 fully saturated rings. The summed E-state index contributed by atoms with van der Waals surface area (Å²) in [5.74, 6) is 0.337. The van der Waals surface area contributed by atoms with Crippen LogP contribution >= 0.6 is 0 Å². The lowest BCUT2D eigenvalue weighted by Crippen LogP contribution is -2.39. The van der Waals surface area contributed by atoms with Crippen molar-refractivity contribution in [1.82, 2.24) is 19.9 Å². The number of benzene rings is 1. The summed E-state index contributed by atoms with van der Waals surface area (Å²) in [6.07, 6.45) is 8.94. The van der Waals surface area contributed by atoms with Crippen LogP contribution in [0.25, 0.3) is 16.6 Å². The fraction of sp³-hybridized carbons (Fsp3) is 0.333. The number of nitriles is 1. The van der Waals surface area contributed by atoms with Gasteiger partial charge in [-0.1, -0.05) is 12.1 Å². The molecular weight excluding hydrogens is 354 g/mol. The van der Waals surface area contributed by atoms with Crippen molar-refractivity contribution in [2.45, 2.75) is 37.8 Å². The lowest BCUT2D eigenvalue weighted by Gasteiger charge is -2.28. The summed E-state index contributed by atoms with van der Waals surface area (Å²) in [5, 5.41) is 14.0. The number of hydrogen-bond donors (Lipinski definition) is 1. The van der Waals surface area contributed by atoms with Gasteiger partial charge in [-0.2, -0.15) is 5.26 Å². The van der Waals surface area contributed by atoms with Gasteiger partial charge in [-0.05, 0) is 37.8 Å². The van der Waals surface area contributed by atoms with Crippen molar-refractivity contribution in [2.24, 2.45) is 0 Å². The van der Waals surface area contributed by atoms with Crippen LogP contribution in [0.4, 0.5) is 0 Å². The normalized spacial score (nSPS) is 19.3. The Morgan fingerprint density at radius 3 is 2.79 bits per heavy atom. The maximum Gasteiger partial charge on any atom is 0.270 e. The average molecular weight is 375 g/mol. The van der Waals surface area contributed by atoms with E-state index in [1.807, 2.05) is 12.1 Å². The number of fused-ring (bicyclic) bond motifs is 1. The number of carbonyl (C=O) groups excluding carboxylic acids is 1. The number of carbonyl (C=O) groups is 1. The number of nitrogens with one attached hydrogen (secondary N) is 1. The Morgan fingerprint density at radius 1 is 1.29 bits per heavy atom. The molecule has 1 N–H and O–H groups in total. The fourth-order valence-electron chi connectivity index (χ4n) is 3.76. The number of rotatable bonds is 4. The second-order valence-corrected chi connectivity index (χ2v) is 6.99. The monoisotopic (exact) mass is 375 g/mol. The van der Waals surface area contributed by atoms with E-state index in [1.165, 1.54) is 0 Å². The minimum absolute atomic E-state index is 0.104. The van der Waals surface area contributed by atoms with E-state index in [0.717, 1.165) is 25.7 Å². The highest BCUT2D eigenvalue weighted by molar-refractivity contribution is 6.07. The first-order valence-electron chi connectivity index (χ1n) is 9.35. The van der Waals surface area contributed by atoms with Gasteiger partial charge in [-0.25, -0.2) is 9.97 Å². The Balaban J connectivity index is 1.71. The summed E-state index contributed by atoms with van der Waals surface area (Å²) < 4.78 is 7.14. The highest BCUT2D eigenvalue weighted by atomic mass is 16.5. The van der Waals surface area contributed by atoms with Crippen molar-refractivity contribution in [1.29, 1.82) is 5.26 Å². The van der Waals surface area contributed by atoms with Crippen LogP contribution in [0.1, 0.15) is 41.7 Å². The van der Waals surface area contributed by atoms with Gasteiger partial charge in [0, 0.05) is 36.3 Å². The second-order valence-electron chi connectivity index (χ2n) is 6.99. The Labute approximate surface area is 163 Å². The predicted octanol–water partition coefficient (Wildman–Crippen LogP) is 2.98. The van der Waals surface area contributed by atoms with Gasteiger partial charge in [0.2, 0.25) is 0 Å². The van der Waals surface area contributed by atoms with Crippen LogP contribution in [-0.2, 0) is 4.74 Å². The van der Waals surface area contributed by atoms with Crippen molar-refractivity contribution >= 4 is 16.7 Å². The summed E-state index contributed by atoms with van der Waals surface area (Å²) in [6.45, 7) is 0. The molecule has 7 nitrogen and oxygen atoms in total. The van der Waals surface area contributed by atoms with Crippen LogP contribution in [0.5, 0.6) is 0 Å². The molecule has 0 spiro atoms.